The quantitative estimate of drug-likeness (QED) is 0.453. The van der Waals surface area contributed by atoms with E-state index < -0.39 is 12.2 Å². The summed E-state index contributed by atoms with van der Waals surface area (Å²) in [5.41, 5.74) is 1.00. The summed E-state index contributed by atoms with van der Waals surface area (Å²) in [7, 11) is 1.33. The van der Waals surface area contributed by atoms with E-state index in [0.29, 0.717) is 63.5 Å². The summed E-state index contributed by atoms with van der Waals surface area (Å²) in [6.45, 7) is 1.83. The molecule has 5 heterocycles. The minimum Gasteiger partial charge on any atom is -0.465 e. The molecule has 0 saturated carbocycles. The van der Waals surface area contributed by atoms with E-state index >= 15 is 0 Å². The van der Waals surface area contributed by atoms with Crippen molar-refractivity contribution in [2.75, 3.05) is 38.6 Å². The van der Waals surface area contributed by atoms with Crippen LogP contribution in [0.1, 0.15) is 36.2 Å². The van der Waals surface area contributed by atoms with E-state index in [1.165, 1.54) is 23.3 Å². The lowest BCUT2D eigenvalue weighted by Gasteiger charge is -2.32. The number of alkyl carbamates (subject to hydrolysis) is 1. The van der Waals surface area contributed by atoms with E-state index in [0.717, 1.165) is 10.4 Å². The molecule has 0 atom stereocenters. The van der Waals surface area contributed by atoms with Crippen LogP contribution in [0.15, 0.2) is 23.8 Å². The van der Waals surface area contributed by atoms with Gasteiger partial charge in [0.1, 0.15) is 16.3 Å². The van der Waals surface area contributed by atoms with E-state index in [2.05, 4.69) is 25.5 Å². The SMILES string of the molecule is COC(=O)NC1CCN(C(=O)c2cc(NC3CCN(C(=O)O)CC3)nc(-c3cnn4ccsc34)n2)CC1. The molecule has 5 rings (SSSR count). The van der Waals surface area contributed by atoms with Crippen LogP contribution in [0.3, 0.4) is 0 Å². The monoisotopic (exact) mass is 528 g/mol. The number of nitrogens with one attached hydrogen (secondary N) is 2. The van der Waals surface area contributed by atoms with E-state index in [1.807, 2.05) is 11.6 Å². The highest BCUT2D eigenvalue weighted by Crippen LogP contribution is 2.27. The molecule has 196 valence electrons. The van der Waals surface area contributed by atoms with Gasteiger partial charge in [-0.2, -0.15) is 5.10 Å². The number of rotatable bonds is 5. The lowest BCUT2D eigenvalue weighted by Crippen LogP contribution is -2.46. The van der Waals surface area contributed by atoms with E-state index in [1.54, 1.807) is 21.7 Å². The lowest BCUT2D eigenvalue weighted by atomic mass is 10.0. The standard InChI is InChI=1S/C23H28N8O5S/c1-36-22(33)26-15-2-6-29(7-3-15)20(32)17-12-18(25-14-4-8-30(9-5-14)23(34)35)28-19(27-17)16-13-24-31-10-11-37-21(16)31/h10-15H,2-9H2,1H3,(H,26,33)(H,34,35)(H,25,27,28). The first-order valence-corrected chi connectivity index (χ1v) is 13.0. The molecule has 0 spiro atoms. The van der Waals surface area contributed by atoms with Gasteiger partial charge in [-0.15, -0.1) is 11.3 Å². The van der Waals surface area contributed by atoms with Crippen molar-refractivity contribution in [3.63, 3.8) is 0 Å². The van der Waals surface area contributed by atoms with Gasteiger partial charge in [-0.05, 0) is 25.7 Å². The molecule has 2 aliphatic heterocycles. The van der Waals surface area contributed by atoms with Crippen LogP contribution in [0, 0.1) is 0 Å². The molecule has 0 bridgehead atoms. The fraction of sp³-hybridized carbons (Fsp3) is 0.478. The minimum atomic E-state index is -0.914. The molecule has 14 heteroatoms. The van der Waals surface area contributed by atoms with Crippen LogP contribution in [0.25, 0.3) is 16.2 Å². The molecule has 3 aromatic heterocycles. The van der Waals surface area contributed by atoms with Gasteiger partial charge >= 0.3 is 12.2 Å². The topological polar surface area (TPSA) is 154 Å². The Balaban J connectivity index is 1.37. The Morgan fingerprint density at radius 1 is 1.05 bits per heavy atom. The van der Waals surface area contributed by atoms with Gasteiger partial charge in [0.25, 0.3) is 5.91 Å². The second kappa shape index (κ2) is 10.6. The maximum atomic E-state index is 13.5. The van der Waals surface area contributed by atoms with Gasteiger partial charge in [0.2, 0.25) is 0 Å². The van der Waals surface area contributed by atoms with Gasteiger partial charge < -0.3 is 30.3 Å². The summed E-state index contributed by atoms with van der Waals surface area (Å²) in [4.78, 5) is 49.6. The number of likely N-dealkylation sites (tertiary alicyclic amines) is 2. The maximum absolute atomic E-state index is 13.5. The Hall–Kier alpha value is -3.94. The molecule has 3 N–H and O–H groups in total. The Morgan fingerprint density at radius 3 is 2.46 bits per heavy atom. The molecular formula is C23H28N8O5S. The number of thiazole rings is 1. The van der Waals surface area contributed by atoms with E-state index in [-0.39, 0.29) is 23.7 Å². The smallest absolute Gasteiger partial charge is 0.407 e. The van der Waals surface area contributed by atoms with Crippen LogP contribution in [0.4, 0.5) is 15.4 Å². The Kier molecular flexibility index (Phi) is 7.08. The summed E-state index contributed by atoms with van der Waals surface area (Å²) in [6.07, 6.45) is 4.65. The average molecular weight is 529 g/mol. The van der Waals surface area contributed by atoms with Crippen LogP contribution in [0.5, 0.6) is 0 Å². The van der Waals surface area contributed by atoms with Crippen molar-refractivity contribution in [2.24, 2.45) is 0 Å². The molecule has 37 heavy (non-hydrogen) atoms. The first-order chi connectivity index (χ1) is 17.9. The van der Waals surface area contributed by atoms with Crippen molar-refractivity contribution in [1.29, 1.82) is 0 Å². The Morgan fingerprint density at radius 2 is 1.76 bits per heavy atom. The molecule has 2 saturated heterocycles. The van der Waals surface area contributed by atoms with Gasteiger partial charge in [0.05, 0.1) is 18.9 Å². The number of hydrogen-bond acceptors (Lipinski definition) is 9. The summed E-state index contributed by atoms with van der Waals surface area (Å²) < 4.78 is 6.41. The molecule has 0 radical (unpaired) electrons. The van der Waals surface area contributed by atoms with Crippen LogP contribution < -0.4 is 10.6 Å². The van der Waals surface area contributed by atoms with E-state index in [9.17, 15) is 19.5 Å². The highest BCUT2D eigenvalue weighted by atomic mass is 32.1. The number of aromatic nitrogens is 4. The first-order valence-electron chi connectivity index (χ1n) is 12.1. The zero-order valence-corrected chi connectivity index (χ0v) is 21.1. The maximum Gasteiger partial charge on any atom is 0.407 e. The van der Waals surface area contributed by atoms with Gasteiger partial charge in [0, 0.05) is 55.9 Å². The third-order valence-corrected chi connectivity index (χ3v) is 7.61. The second-order valence-corrected chi connectivity index (χ2v) is 9.96. The number of methoxy groups -OCH3 is 1. The van der Waals surface area contributed by atoms with Crippen LogP contribution in [0.2, 0.25) is 0 Å². The third-order valence-electron chi connectivity index (χ3n) is 6.72. The molecule has 0 aliphatic carbocycles. The molecule has 2 aliphatic rings. The van der Waals surface area contributed by atoms with Crippen molar-refractivity contribution in [2.45, 2.75) is 37.8 Å². The molecule has 13 nitrogen and oxygen atoms in total. The summed E-state index contributed by atoms with van der Waals surface area (Å²) in [5, 5.41) is 21.7. The molecule has 2 fully saturated rings. The average Bonchev–Trinajstić information content (AvgIpc) is 3.53. The van der Waals surface area contributed by atoms with Crippen LogP contribution in [-0.4, -0.2) is 98.0 Å². The number of carbonyl (C=O) groups is 3. The number of nitrogens with zero attached hydrogens (tertiary/aromatic N) is 6. The zero-order valence-electron chi connectivity index (χ0n) is 20.3. The van der Waals surface area contributed by atoms with Crippen LogP contribution in [-0.2, 0) is 4.74 Å². The molecule has 0 unspecified atom stereocenters. The van der Waals surface area contributed by atoms with Gasteiger partial charge in [-0.1, -0.05) is 0 Å². The summed E-state index contributed by atoms with van der Waals surface area (Å²) >= 11 is 1.51. The molecule has 3 aromatic rings. The van der Waals surface area contributed by atoms with Gasteiger partial charge in [-0.25, -0.2) is 24.1 Å². The van der Waals surface area contributed by atoms with Gasteiger partial charge in [-0.3, -0.25) is 4.79 Å². The highest BCUT2D eigenvalue weighted by Gasteiger charge is 2.28. The van der Waals surface area contributed by atoms with Crippen molar-refractivity contribution in [3.05, 3.63) is 29.5 Å². The third kappa shape index (κ3) is 5.43. The second-order valence-electron chi connectivity index (χ2n) is 9.06. The van der Waals surface area contributed by atoms with Crippen molar-refractivity contribution < 1.29 is 24.2 Å². The Labute approximate surface area is 216 Å². The Bertz CT molecular complexity index is 1290. The summed E-state index contributed by atoms with van der Waals surface area (Å²) in [5.74, 6) is 0.704. The van der Waals surface area contributed by atoms with E-state index in [4.69, 9.17) is 4.98 Å². The van der Waals surface area contributed by atoms with Crippen LogP contribution >= 0.6 is 11.3 Å². The minimum absolute atomic E-state index is 0.0235. The fourth-order valence-corrected chi connectivity index (χ4v) is 5.46. The predicted molar refractivity (Wildman–Crippen MR) is 135 cm³/mol. The predicted octanol–water partition coefficient (Wildman–Crippen LogP) is 2.37. The highest BCUT2D eigenvalue weighted by molar-refractivity contribution is 7.16. The number of anilines is 1. The summed E-state index contributed by atoms with van der Waals surface area (Å²) in [6, 6.07) is 1.63. The molecular weight excluding hydrogens is 500 g/mol. The largest absolute Gasteiger partial charge is 0.465 e. The molecule has 3 amide bonds. The molecule has 0 aromatic carbocycles. The number of carboxylic acid groups (broad SMARTS) is 1. The number of hydrogen-bond donors (Lipinski definition) is 3. The van der Waals surface area contributed by atoms with Crippen molar-refractivity contribution in [3.8, 4) is 11.4 Å². The number of fused-ring (bicyclic) bond motifs is 1. The number of ether oxygens (including phenoxy) is 1. The lowest BCUT2D eigenvalue weighted by molar-refractivity contribution is 0.0698. The number of amides is 3. The normalized spacial score (nSPS) is 17.1. The zero-order chi connectivity index (χ0) is 25.9. The van der Waals surface area contributed by atoms with Crippen molar-refractivity contribution >= 4 is 40.1 Å². The number of piperidine rings is 2. The fourth-order valence-electron chi connectivity index (χ4n) is 4.67. The number of carbonyl (C=O) groups excluding carboxylic acids is 2. The first kappa shape index (κ1) is 24.7. The van der Waals surface area contributed by atoms with Gasteiger partial charge in [0.15, 0.2) is 5.82 Å². The van der Waals surface area contributed by atoms with Crippen molar-refractivity contribution in [1.82, 2.24) is 34.7 Å².